The van der Waals surface area contributed by atoms with Crippen LogP contribution in [0, 0.1) is 0 Å². The van der Waals surface area contributed by atoms with Gasteiger partial charge in [0.2, 0.25) is 5.79 Å². The van der Waals surface area contributed by atoms with E-state index in [0.717, 1.165) is 13.0 Å². The summed E-state index contributed by atoms with van der Waals surface area (Å²) in [6.45, 7) is 6.85. The van der Waals surface area contributed by atoms with Gasteiger partial charge in [0.15, 0.2) is 0 Å². The second-order valence-corrected chi connectivity index (χ2v) is 4.39. The van der Waals surface area contributed by atoms with E-state index in [1.165, 1.54) is 31.3 Å². The molecule has 0 saturated carbocycles. The molecule has 0 bridgehead atoms. The monoisotopic (exact) mass is 198 g/mol. The van der Waals surface area contributed by atoms with Gasteiger partial charge in [0, 0.05) is 13.8 Å². The molecule has 0 aliphatic carbocycles. The van der Waals surface area contributed by atoms with E-state index in [-0.39, 0.29) is 0 Å². The van der Waals surface area contributed by atoms with Crippen LogP contribution in [0.5, 0.6) is 0 Å². The van der Waals surface area contributed by atoms with Gasteiger partial charge >= 0.3 is 0 Å². The summed E-state index contributed by atoms with van der Waals surface area (Å²) >= 11 is 0. The average molecular weight is 198 g/mol. The lowest BCUT2D eigenvalue weighted by Gasteiger charge is -2.29. The molecule has 82 valence electrons. The van der Waals surface area contributed by atoms with Crippen LogP contribution in [-0.4, -0.2) is 12.4 Å². The highest BCUT2D eigenvalue weighted by molar-refractivity contribution is 5.01. The molecule has 1 aliphatic heterocycles. The molecule has 0 N–H and O–H groups in total. The second kappa shape index (κ2) is 5.40. The minimum Gasteiger partial charge on any atom is -0.471 e. The third-order valence-corrected chi connectivity index (χ3v) is 2.47. The molecule has 1 heterocycles. The molecule has 0 aromatic rings. The highest BCUT2D eigenvalue weighted by Crippen LogP contribution is 2.22. The number of ether oxygens (including phenoxy) is 2. The maximum absolute atomic E-state index is 5.54. The standard InChI is InChI=1S/C12H22O2/c1-4-5-6-7-8-11-9-13-12(2,3)14-10-11/h9H,4-8,10H2,1-3H3. The number of unbranched alkanes of at least 4 members (excludes halogenated alkanes) is 3. The van der Waals surface area contributed by atoms with Crippen LogP contribution in [0.1, 0.15) is 52.9 Å². The van der Waals surface area contributed by atoms with Gasteiger partial charge in [-0.25, -0.2) is 0 Å². The van der Waals surface area contributed by atoms with Crippen molar-refractivity contribution in [2.45, 2.75) is 58.7 Å². The van der Waals surface area contributed by atoms with E-state index < -0.39 is 5.79 Å². The molecule has 14 heavy (non-hydrogen) atoms. The Morgan fingerprint density at radius 3 is 2.64 bits per heavy atom. The van der Waals surface area contributed by atoms with Crippen LogP contribution in [0.2, 0.25) is 0 Å². The molecule has 0 aromatic heterocycles. The normalized spacial score (nSPS) is 20.1. The quantitative estimate of drug-likeness (QED) is 0.628. The first-order valence-corrected chi connectivity index (χ1v) is 5.64. The van der Waals surface area contributed by atoms with Gasteiger partial charge in [-0.1, -0.05) is 26.2 Å². The molecule has 2 nitrogen and oxygen atoms in total. The fourth-order valence-corrected chi connectivity index (χ4v) is 1.47. The number of hydrogen-bond acceptors (Lipinski definition) is 2. The maximum atomic E-state index is 5.54. The largest absolute Gasteiger partial charge is 0.471 e. The maximum Gasteiger partial charge on any atom is 0.204 e. The molecule has 1 aliphatic rings. The zero-order chi connectivity index (χ0) is 10.4. The summed E-state index contributed by atoms with van der Waals surface area (Å²) in [4.78, 5) is 0. The lowest BCUT2D eigenvalue weighted by molar-refractivity contribution is -0.189. The van der Waals surface area contributed by atoms with Gasteiger partial charge < -0.3 is 9.47 Å². The molecule has 0 unspecified atom stereocenters. The summed E-state index contributed by atoms with van der Waals surface area (Å²) in [6, 6.07) is 0. The Labute approximate surface area is 87.3 Å². The highest BCUT2D eigenvalue weighted by atomic mass is 16.7. The van der Waals surface area contributed by atoms with E-state index in [1.807, 2.05) is 20.1 Å². The smallest absolute Gasteiger partial charge is 0.204 e. The Bertz CT molecular complexity index is 194. The first-order valence-electron chi connectivity index (χ1n) is 5.64. The van der Waals surface area contributed by atoms with Crippen molar-refractivity contribution in [3.05, 3.63) is 11.8 Å². The second-order valence-electron chi connectivity index (χ2n) is 4.39. The van der Waals surface area contributed by atoms with Crippen molar-refractivity contribution < 1.29 is 9.47 Å². The molecule has 0 saturated heterocycles. The summed E-state index contributed by atoms with van der Waals surface area (Å²) < 4.78 is 11.0. The molecule has 0 spiro atoms. The first-order chi connectivity index (χ1) is 6.64. The Hall–Kier alpha value is -0.500. The third-order valence-electron chi connectivity index (χ3n) is 2.47. The van der Waals surface area contributed by atoms with Crippen LogP contribution in [0.15, 0.2) is 11.8 Å². The Morgan fingerprint density at radius 1 is 1.29 bits per heavy atom. The topological polar surface area (TPSA) is 18.5 Å². The fourth-order valence-electron chi connectivity index (χ4n) is 1.47. The van der Waals surface area contributed by atoms with E-state index in [4.69, 9.17) is 9.47 Å². The van der Waals surface area contributed by atoms with Crippen molar-refractivity contribution in [3.63, 3.8) is 0 Å². The van der Waals surface area contributed by atoms with E-state index in [1.54, 1.807) is 0 Å². The molecule has 1 rings (SSSR count). The van der Waals surface area contributed by atoms with Crippen molar-refractivity contribution in [2.24, 2.45) is 0 Å². The summed E-state index contributed by atoms with van der Waals surface area (Å²) in [6.07, 6.45) is 8.20. The van der Waals surface area contributed by atoms with Crippen LogP contribution in [0.25, 0.3) is 0 Å². The summed E-state index contributed by atoms with van der Waals surface area (Å²) in [7, 11) is 0. The van der Waals surface area contributed by atoms with Crippen LogP contribution < -0.4 is 0 Å². The van der Waals surface area contributed by atoms with Crippen molar-refractivity contribution >= 4 is 0 Å². The van der Waals surface area contributed by atoms with Gasteiger partial charge in [0.05, 0.1) is 12.9 Å². The average Bonchev–Trinajstić information content (AvgIpc) is 2.15. The Balaban J connectivity index is 2.17. The Morgan fingerprint density at radius 2 is 2.07 bits per heavy atom. The predicted molar refractivity (Wildman–Crippen MR) is 58.0 cm³/mol. The summed E-state index contributed by atoms with van der Waals surface area (Å²) in [5.74, 6) is -0.424. The van der Waals surface area contributed by atoms with Crippen LogP contribution in [0.4, 0.5) is 0 Å². The van der Waals surface area contributed by atoms with Crippen molar-refractivity contribution in [1.29, 1.82) is 0 Å². The summed E-state index contributed by atoms with van der Waals surface area (Å²) in [5.41, 5.74) is 1.29. The van der Waals surface area contributed by atoms with Gasteiger partial charge in [-0.3, -0.25) is 0 Å². The summed E-state index contributed by atoms with van der Waals surface area (Å²) in [5, 5.41) is 0. The third kappa shape index (κ3) is 4.14. The van der Waals surface area contributed by atoms with E-state index in [9.17, 15) is 0 Å². The SMILES string of the molecule is CCCCCCC1=COC(C)(C)OC1. The van der Waals surface area contributed by atoms with E-state index >= 15 is 0 Å². The van der Waals surface area contributed by atoms with Gasteiger partial charge in [-0.05, 0) is 18.4 Å². The molecule has 2 heteroatoms. The van der Waals surface area contributed by atoms with E-state index in [0.29, 0.717) is 0 Å². The zero-order valence-corrected chi connectivity index (χ0v) is 9.64. The minimum absolute atomic E-state index is 0.424. The van der Waals surface area contributed by atoms with Gasteiger partial charge in [0.1, 0.15) is 0 Å². The van der Waals surface area contributed by atoms with Crippen molar-refractivity contribution in [2.75, 3.05) is 6.61 Å². The molecule has 0 amide bonds. The minimum atomic E-state index is -0.424. The lowest BCUT2D eigenvalue weighted by atomic mass is 10.1. The fraction of sp³-hybridized carbons (Fsp3) is 0.833. The van der Waals surface area contributed by atoms with Crippen LogP contribution in [0.3, 0.4) is 0 Å². The van der Waals surface area contributed by atoms with Crippen molar-refractivity contribution in [1.82, 2.24) is 0 Å². The molecular formula is C12H22O2. The molecule has 0 radical (unpaired) electrons. The van der Waals surface area contributed by atoms with Crippen LogP contribution in [-0.2, 0) is 9.47 Å². The highest BCUT2D eigenvalue weighted by Gasteiger charge is 2.22. The predicted octanol–water partition coefficient (Wildman–Crippen LogP) is 3.62. The van der Waals surface area contributed by atoms with Gasteiger partial charge in [-0.15, -0.1) is 0 Å². The van der Waals surface area contributed by atoms with Crippen LogP contribution >= 0.6 is 0 Å². The molecular weight excluding hydrogens is 176 g/mol. The van der Waals surface area contributed by atoms with Gasteiger partial charge in [-0.2, -0.15) is 0 Å². The molecule has 0 atom stereocenters. The first kappa shape index (κ1) is 11.6. The van der Waals surface area contributed by atoms with Gasteiger partial charge in [0.25, 0.3) is 0 Å². The zero-order valence-electron chi connectivity index (χ0n) is 9.64. The van der Waals surface area contributed by atoms with Crippen molar-refractivity contribution in [3.8, 4) is 0 Å². The lowest BCUT2D eigenvalue weighted by Crippen LogP contribution is -2.30. The number of hydrogen-bond donors (Lipinski definition) is 0. The molecule has 0 fully saturated rings. The Kier molecular flexibility index (Phi) is 4.46. The van der Waals surface area contributed by atoms with E-state index in [2.05, 4.69) is 6.92 Å². The number of rotatable bonds is 5. The molecule has 0 aromatic carbocycles.